The number of halogens is 3. The molecule has 68 valence electrons. The molecule has 1 nitrogen and oxygen atoms in total. The van der Waals surface area contributed by atoms with Crippen molar-refractivity contribution < 1.29 is 9.18 Å². The molecule has 0 spiro atoms. The van der Waals surface area contributed by atoms with Crippen molar-refractivity contribution in [1.82, 2.24) is 0 Å². The third-order valence-corrected chi connectivity index (χ3v) is 3.54. The largest absolute Gasteiger partial charge is 0.293 e. The minimum absolute atomic E-state index is 0.0322. The Bertz CT molecular complexity index is 389. The van der Waals surface area contributed by atoms with Crippen LogP contribution in [0.2, 0.25) is 0 Å². The highest BCUT2D eigenvalue weighted by Gasteiger charge is 2.30. The van der Waals surface area contributed by atoms with Crippen LogP contribution in [0.5, 0.6) is 0 Å². The molecular weight excluding hydrogens is 303 g/mol. The van der Waals surface area contributed by atoms with E-state index in [-0.39, 0.29) is 16.4 Å². The maximum atomic E-state index is 12.9. The van der Waals surface area contributed by atoms with E-state index in [9.17, 15) is 9.18 Å². The van der Waals surface area contributed by atoms with Crippen molar-refractivity contribution in [2.45, 2.75) is 11.2 Å². The first-order valence-electron chi connectivity index (χ1n) is 3.76. The number of alkyl halides is 1. The second-order valence-corrected chi connectivity index (χ2v) is 4.91. The molecule has 1 aromatic rings. The summed E-state index contributed by atoms with van der Waals surface area (Å²) >= 11 is 6.49. The maximum absolute atomic E-state index is 12.9. The summed E-state index contributed by atoms with van der Waals surface area (Å²) in [5.74, 6) is -0.407. The van der Waals surface area contributed by atoms with Gasteiger partial charge in [-0.15, -0.1) is 0 Å². The van der Waals surface area contributed by atoms with Crippen LogP contribution in [0.1, 0.15) is 15.9 Å². The summed E-state index contributed by atoms with van der Waals surface area (Å²) in [7, 11) is 0. The van der Waals surface area contributed by atoms with Crippen molar-refractivity contribution >= 4 is 37.6 Å². The van der Waals surface area contributed by atoms with Gasteiger partial charge in [0.05, 0.1) is 4.83 Å². The Kier molecular flexibility index (Phi) is 2.28. The van der Waals surface area contributed by atoms with Crippen molar-refractivity contribution in [3.8, 4) is 0 Å². The number of carbonyl (C=O) groups excluding carboxylic acids is 1. The fourth-order valence-electron chi connectivity index (χ4n) is 1.47. The van der Waals surface area contributed by atoms with Gasteiger partial charge in [0.1, 0.15) is 5.82 Å². The fraction of sp³-hybridized carbons (Fsp3) is 0.222. The number of rotatable bonds is 0. The molecule has 0 saturated carbocycles. The minimum atomic E-state index is -0.374. The molecule has 0 fully saturated rings. The molecule has 1 aliphatic rings. The number of carbonyl (C=O) groups is 1. The van der Waals surface area contributed by atoms with Crippen LogP contribution in [0.4, 0.5) is 4.39 Å². The minimum Gasteiger partial charge on any atom is -0.293 e. The van der Waals surface area contributed by atoms with Gasteiger partial charge in [-0.05, 0) is 24.1 Å². The lowest BCUT2D eigenvalue weighted by Gasteiger charge is -1.99. The Morgan fingerprint density at radius 1 is 1.46 bits per heavy atom. The lowest BCUT2D eigenvalue weighted by atomic mass is 10.1. The average molecular weight is 308 g/mol. The summed E-state index contributed by atoms with van der Waals surface area (Å²) in [4.78, 5) is 11.3. The molecule has 0 amide bonds. The zero-order chi connectivity index (χ0) is 9.59. The third kappa shape index (κ3) is 1.46. The van der Waals surface area contributed by atoms with E-state index in [0.29, 0.717) is 16.5 Å². The Labute approximate surface area is 91.6 Å². The van der Waals surface area contributed by atoms with Gasteiger partial charge in [-0.2, -0.15) is 0 Å². The molecule has 0 bridgehead atoms. The normalized spacial score (nSPS) is 20.5. The monoisotopic (exact) mass is 306 g/mol. The Morgan fingerprint density at radius 2 is 2.15 bits per heavy atom. The van der Waals surface area contributed by atoms with Crippen LogP contribution in [-0.2, 0) is 6.42 Å². The van der Waals surface area contributed by atoms with E-state index in [2.05, 4.69) is 31.9 Å². The molecule has 4 heteroatoms. The molecule has 1 aromatic carbocycles. The van der Waals surface area contributed by atoms with Gasteiger partial charge in [0.2, 0.25) is 0 Å². The zero-order valence-electron chi connectivity index (χ0n) is 6.48. The third-order valence-electron chi connectivity index (χ3n) is 2.09. The van der Waals surface area contributed by atoms with E-state index >= 15 is 0 Å². The fourth-order valence-corrected chi connectivity index (χ4v) is 2.64. The van der Waals surface area contributed by atoms with Crippen LogP contribution in [0, 0.1) is 5.82 Å². The van der Waals surface area contributed by atoms with Crippen LogP contribution in [0.25, 0.3) is 0 Å². The molecule has 0 aliphatic heterocycles. The number of ketones is 1. The van der Waals surface area contributed by atoms with Gasteiger partial charge in [-0.3, -0.25) is 4.79 Å². The maximum Gasteiger partial charge on any atom is 0.177 e. The van der Waals surface area contributed by atoms with Gasteiger partial charge < -0.3 is 0 Å². The van der Waals surface area contributed by atoms with Crippen LogP contribution in [-0.4, -0.2) is 10.6 Å². The lowest BCUT2D eigenvalue weighted by Crippen LogP contribution is -2.06. The predicted octanol–water partition coefficient (Wildman–Crippen LogP) is 3.09. The van der Waals surface area contributed by atoms with Crippen molar-refractivity contribution in [3.05, 3.63) is 33.5 Å². The van der Waals surface area contributed by atoms with Gasteiger partial charge in [0.15, 0.2) is 5.78 Å². The first-order chi connectivity index (χ1) is 6.09. The first kappa shape index (κ1) is 9.34. The summed E-state index contributed by atoms with van der Waals surface area (Å²) in [6.45, 7) is 0. The number of fused-ring (bicyclic) bond motifs is 1. The molecule has 1 unspecified atom stereocenters. The number of hydrogen-bond acceptors (Lipinski definition) is 1. The summed E-state index contributed by atoms with van der Waals surface area (Å²) < 4.78 is 13.6. The Morgan fingerprint density at radius 3 is 2.85 bits per heavy atom. The lowest BCUT2D eigenvalue weighted by molar-refractivity contribution is 0.100. The van der Waals surface area contributed by atoms with Crippen LogP contribution in [0.3, 0.4) is 0 Å². The van der Waals surface area contributed by atoms with Crippen LogP contribution >= 0.6 is 31.9 Å². The van der Waals surface area contributed by atoms with Gasteiger partial charge in [-0.1, -0.05) is 31.9 Å². The smallest absolute Gasteiger partial charge is 0.177 e. The number of Topliss-reactive ketones (excluding diaryl/α,β-unsaturated/α-hetero) is 1. The molecular formula is C9H5Br2FO. The van der Waals surface area contributed by atoms with E-state index in [1.54, 1.807) is 0 Å². The summed E-state index contributed by atoms with van der Waals surface area (Å²) in [5, 5.41) is 0. The quantitative estimate of drug-likeness (QED) is 0.673. The molecule has 0 heterocycles. The molecule has 0 radical (unpaired) electrons. The molecule has 13 heavy (non-hydrogen) atoms. The molecule has 0 N–H and O–H groups in total. The molecule has 1 aliphatic carbocycles. The molecule has 2 rings (SSSR count). The van der Waals surface area contributed by atoms with E-state index in [1.807, 2.05) is 0 Å². The second kappa shape index (κ2) is 3.17. The van der Waals surface area contributed by atoms with Crippen LogP contribution in [0.15, 0.2) is 16.6 Å². The number of benzene rings is 1. The highest BCUT2D eigenvalue weighted by Crippen LogP contribution is 2.33. The van der Waals surface area contributed by atoms with Crippen molar-refractivity contribution in [2.75, 3.05) is 0 Å². The van der Waals surface area contributed by atoms with E-state index in [4.69, 9.17) is 0 Å². The number of hydrogen-bond donors (Lipinski definition) is 0. The van der Waals surface area contributed by atoms with E-state index < -0.39 is 0 Å². The van der Waals surface area contributed by atoms with Gasteiger partial charge >= 0.3 is 0 Å². The van der Waals surface area contributed by atoms with Crippen molar-refractivity contribution in [1.29, 1.82) is 0 Å². The molecule has 0 saturated heterocycles. The van der Waals surface area contributed by atoms with E-state index in [1.165, 1.54) is 12.1 Å². The summed E-state index contributed by atoms with van der Waals surface area (Å²) in [6.07, 6.45) is 0.634. The predicted molar refractivity (Wildman–Crippen MR) is 54.8 cm³/mol. The van der Waals surface area contributed by atoms with Crippen molar-refractivity contribution in [3.63, 3.8) is 0 Å². The highest BCUT2D eigenvalue weighted by molar-refractivity contribution is 9.10. The molecule has 0 aromatic heterocycles. The summed E-state index contributed by atoms with van der Waals surface area (Å²) in [5.41, 5.74) is 1.39. The molecule has 1 atom stereocenters. The topological polar surface area (TPSA) is 17.1 Å². The van der Waals surface area contributed by atoms with Gasteiger partial charge in [0, 0.05) is 10.0 Å². The average Bonchev–Trinajstić information content (AvgIpc) is 2.32. The SMILES string of the molecule is O=C1c2cc(F)cc(Br)c2CC1Br. The van der Waals surface area contributed by atoms with Crippen LogP contribution < -0.4 is 0 Å². The van der Waals surface area contributed by atoms with E-state index in [0.717, 1.165) is 5.56 Å². The Hall–Kier alpha value is -0.220. The Balaban J connectivity index is 2.64. The highest BCUT2D eigenvalue weighted by atomic mass is 79.9. The van der Waals surface area contributed by atoms with Crippen molar-refractivity contribution in [2.24, 2.45) is 0 Å². The zero-order valence-corrected chi connectivity index (χ0v) is 9.65. The second-order valence-electron chi connectivity index (χ2n) is 2.95. The van der Waals surface area contributed by atoms with Gasteiger partial charge in [0.25, 0.3) is 0 Å². The summed E-state index contributed by atoms with van der Waals surface area (Å²) in [6, 6.07) is 2.68. The van der Waals surface area contributed by atoms with Gasteiger partial charge in [-0.25, -0.2) is 4.39 Å². The standard InChI is InChI=1S/C9H5Br2FO/c10-7-2-4(12)1-6-5(7)3-8(11)9(6)13/h1-2,8H,3H2. The first-order valence-corrected chi connectivity index (χ1v) is 5.46.